The molecular formula is C29H33Cl2N3O4S. The maximum absolute atomic E-state index is 14.1. The van der Waals surface area contributed by atoms with Gasteiger partial charge in [-0.25, -0.2) is 8.42 Å². The molecule has 0 aliphatic carbocycles. The summed E-state index contributed by atoms with van der Waals surface area (Å²) >= 11 is 12.9. The number of carbonyl (C=O) groups is 2. The van der Waals surface area contributed by atoms with Crippen LogP contribution in [-0.2, 0) is 26.2 Å². The maximum atomic E-state index is 14.1. The molecule has 10 heteroatoms. The van der Waals surface area contributed by atoms with Crippen molar-refractivity contribution in [1.29, 1.82) is 0 Å². The number of amides is 2. The van der Waals surface area contributed by atoms with Crippen LogP contribution < -0.4 is 9.62 Å². The molecule has 0 bridgehead atoms. The zero-order valence-electron chi connectivity index (χ0n) is 22.4. The third-order valence-corrected chi connectivity index (χ3v) is 8.85. The topological polar surface area (TPSA) is 86.8 Å². The Kier molecular flexibility index (Phi) is 10.4. The molecule has 39 heavy (non-hydrogen) atoms. The molecule has 0 aliphatic rings. The molecule has 0 fully saturated rings. The Morgan fingerprint density at radius 2 is 1.56 bits per heavy atom. The van der Waals surface area contributed by atoms with Crippen molar-refractivity contribution in [1.82, 2.24) is 10.2 Å². The normalized spacial score (nSPS) is 12.1. The molecule has 3 aromatic carbocycles. The minimum Gasteiger partial charge on any atom is -0.355 e. The summed E-state index contributed by atoms with van der Waals surface area (Å²) in [5.74, 6) is -0.912. The van der Waals surface area contributed by atoms with Crippen LogP contribution in [0.4, 0.5) is 5.69 Å². The minimum absolute atomic E-state index is 0.0511. The van der Waals surface area contributed by atoms with Gasteiger partial charge in [-0.05, 0) is 68.7 Å². The summed E-state index contributed by atoms with van der Waals surface area (Å²) in [5.41, 5.74) is 2.38. The van der Waals surface area contributed by atoms with Crippen LogP contribution in [0.15, 0.2) is 71.6 Å². The van der Waals surface area contributed by atoms with Crippen molar-refractivity contribution >= 4 is 50.7 Å². The molecular weight excluding hydrogens is 557 g/mol. The summed E-state index contributed by atoms with van der Waals surface area (Å²) in [6.45, 7) is 7.00. The Balaban J connectivity index is 2.13. The average Bonchev–Trinajstić information content (AvgIpc) is 2.90. The smallest absolute Gasteiger partial charge is 0.264 e. The van der Waals surface area contributed by atoms with E-state index in [-0.39, 0.29) is 17.3 Å². The Hall–Kier alpha value is -3.07. The first-order valence-corrected chi connectivity index (χ1v) is 14.9. The van der Waals surface area contributed by atoms with E-state index in [0.717, 1.165) is 9.87 Å². The number of anilines is 1. The molecule has 0 saturated heterocycles. The van der Waals surface area contributed by atoms with Crippen molar-refractivity contribution in [3.63, 3.8) is 0 Å². The number of benzene rings is 3. The fraction of sp³-hybridized carbons (Fsp3) is 0.310. The lowest BCUT2D eigenvalue weighted by Gasteiger charge is -2.34. The van der Waals surface area contributed by atoms with E-state index in [1.54, 1.807) is 63.2 Å². The molecule has 2 amide bonds. The van der Waals surface area contributed by atoms with Crippen LogP contribution in [0.2, 0.25) is 10.0 Å². The zero-order chi connectivity index (χ0) is 28.7. The maximum Gasteiger partial charge on any atom is 0.264 e. The number of sulfonamides is 1. The largest absolute Gasteiger partial charge is 0.355 e. The van der Waals surface area contributed by atoms with Crippen LogP contribution in [0.25, 0.3) is 0 Å². The molecule has 0 aliphatic heterocycles. The number of nitrogens with one attached hydrogen (secondary N) is 1. The van der Waals surface area contributed by atoms with E-state index in [1.165, 1.54) is 17.0 Å². The number of hydrogen-bond acceptors (Lipinski definition) is 4. The van der Waals surface area contributed by atoms with E-state index in [9.17, 15) is 18.0 Å². The van der Waals surface area contributed by atoms with E-state index in [2.05, 4.69) is 5.32 Å². The van der Waals surface area contributed by atoms with Gasteiger partial charge in [0, 0.05) is 28.7 Å². The Morgan fingerprint density at radius 1 is 0.923 bits per heavy atom. The SMILES string of the molecule is CCNC(=O)[C@H](CC)N(Cc1c(Cl)cccc1Cl)C(=O)CN(c1cc(C)ccc1C)S(=O)(=O)c1ccccc1. The van der Waals surface area contributed by atoms with E-state index in [4.69, 9.17) is 23.2 Å². The summed E-state index contributed by atoms with van der Waals surface area (Å²) in [6.07, 6.45) is 0.300. The van der Waals surface area contributed by atoms with Crippen LogP contribution in [0.5, 0.6) is 0 Å². The fourth-order valence-electron chi connectivity index (χ4n) is 4.29. The lowest BCUT2D eigenvalue weighted by Crippen LogP contribution is -2.52. The van der Waals surface area contributed by atoms with Crippen LogP contribution in [0.1, 0.15) is 37.0 Å². The highest BCUT2D eigenvalue weighted by Gasteiger charge is 2.34. The van der Waals surface area contributed by atoms with Crippen molar-refractivity contribution in [2.75, 3.05) is 17.4 Å². The third kappa shape index (κ3) is 7.12. The first kappa shape index (κ1) is 30.5. The predicted octanol–water partition coefficient (Wildman–Crippen LogP) is 5.75. The second kappa shape index (κ2) is 13.3. The van der Waals surface area contributed by atoms with Gasteiger partial charge >= 0.3 is 0 Å². The first-order chi connectivity index (χ1) is 18.5. The van der Waals surface area contributed by atoms with Gasteiger partial charge in [0.05, 0.1) is 10.6 Å². The molecule has 0 saturated carbocycles. The molecule has 0 heterocycles. The molecule has 208 valence electrons. The molecule has 0 radical (unpaired) electrons. The standard InChI is InChI=1S/C29H33Cl2N3O4S/c1-5-26(29(36)32-6-2)33(18-23-24(30)13-10-14-25(23)31)28(35)19-34(27-17-20(3)15-16-21(27)4)39(37,38)22-11-8-7-9-12-22/h7-17,26H,5-6,18-19H2,1-4H3,(H,32,36)/t26-/m0/s1. The van der Waals surface area contributed by atoms with Crippen LogP contribution in [-0.4, -0.2) is 44.3 Å². The van der Waals surface area contributed by atoms with Gasteiger partial charge in [0.25, 0.3) is 10.0 Å². The van der Waals surface area contributed by atoms with E-state index < -0.39 is 28.5 Å². The van der Waals surface area contributed by atoms with E-state index in [1.807, 2.05) is 19.1 Å². The summed E-state index contributed by atoms with van der Waals surface area (Å²) in [4.78, 5) is 28.6. The summed E-state index contributed by atoms with van der Waals surface area (Å²) in [5, 5.41) is 3.46. The van der Waals surface area contributed by atoms with E-state index in [0.29, 0.717) is 39.8 Å². The first-order valence-electron chi connectivity index (χ1n) is 12.7. The zero-order valence-corrected chi connectivity index (χ0v) is 24.8. The van der Waals surface area contributed by atoms with Crippen molar-refractivity contribution < 1.29 is 18.0 Å². The van der Waals surface area contributed by atoms with Gasteiger partial charge in [0.15, 0.2) is 0 Å². The number of likely N-dealkylation sites (N-methyl/N-ethyl adjacent to an activating group) is 1. The highest BCUT2D eigenvalue weighted by Crippen LogP contribution is 2.30. The van der Waals surface area contributed by atoms with Crippen molar-refractivity contribution in [2.24, 2.45) is 0 Å². The Labute approximate surface area is 240 Å². The fourth-order valence-corrected chi connectivity index (χ4v) is 6.29. The van der Waals surface area contributed by atoms with E-state index >= 15 is 0 Å². The summed E-state index contributed by atoms with van der Waals surface area (Å²) < 4.78 is 29.0. The highest BCUT2D eigenvalue weighted by atomic mass is 35.5. The predicted molar refractivity (Wildman–Crippen MR) is 157 cm³/mol. The Morgan fingerprint density at radius 3 is 2.15 bits per heavy atom. The molecule has 3 rings (SSSR count). The van der Waals surface area contributed by atoms with Gasteiger partial charge in [0.2, 0.25) is 11.8 Å². The van der Waals surface area contributed by atoms with Crippen LogP contribution in [0.3, 0.4) is 0 Å². The lowest BCUT2D eigenvalue weighted by molar-refractivity contribution is -0.140. The number of rotatable bonds is 11. The third-order valence-electron chi connectivity index (χ3n) is 6.37. The molecule has 7 nitrogen and oxygen atoms in total. The lowest BCUT2D eigenvalue weighted by atomic mass is 10.1. The quantitative estimate of drug-likeness (QED) is 0.308. The molecule has 3 aromatic rings. The minimum atomic E-state index is -4.14. The molecule has 0 aromatic heterocycles. The second-order valence-corrected chi connectivity index (χ2v) is 11.8. The number of halogens is 2. The summed E-state index contributed by atoms with van der Waals surface area (Å²) in [7, 11) is -4.14. The second-order valence-electron chi connectivity index (χ2n) is 9.16. The average molecular weight is 591 g/mol. The van der Waals surface area contributed by atoms with Gasteiger partial charge in [-0.2, -0.15) is 0 Å². The molecule has 1 atom stereocenters. The van der Waals surface area contributed by atoms with Crippen molar-refractivity contribution in [3.05, 3.63) is 93.5 Å². The van der Waals surface area contributed by atoms with Gasteiger partial charge < -0.3 is 10.2 Å². The van der Waals surface area contributed by atoms with Crippen LogP contribution >= 0.6 is 23.2 Å². The van der Waals surface area contributed by atoms with Crippen molar-refractivity contribution in [2.45, 2.75) is 51.6 Å². The molecule has 0 spiro atoms. The van der Waals surface area contributed by atoms with Gasteiger partial charge in [0.1, 0.15) is 12.6 Å². The highest BCUT2D eigenvalue weighted by molar-refractivity contribution is 7.92. The number of hydrogen-bond donors (Lipinski definition) is 1. The van der Waals surface area contributed by atoms with Gasteiger partial charge in [-0.15, -0.1) is 0 Å². The number of aryl methyl sites for hydroxylation is 2. The van der Waals surface area contributed by atoms with Crippen LogP contribution in [0, 0.1) is 13.8 Å². The monoisotopic (exact) mass is 589 g/mol. The molecule has 1 N–H and O–H groups in total. The van der Waals surface area contributed by atoms with Crippen molar-refractivity contribution in [3.8, 4) is 0 Å². The number of carbonyl (C=O) groups excluding carboxylic acids is 2. The van der Waals surface area contributed by atoms with Gasteiger partial charge in [-0.3, -0.25) is 13.9 Å². The summed E-state index contributed by atoms with van der Waals surface area (Å²) in [6, 6.07) is 17.5. The Bertz CT molecular complexity index is 1410. The molecule has 0 unspecified atom stereocenters. The number of nitrogens with zero attached hydrogens (tertiary/aromatic N) is 2. The van der Waals surface area contributed by atoms with Gasteiger partial charge in [-0.1, -0.05) is 66.5 Å².